The standard InChI is InChI=1S/C34H24N4/c1-34(2)27-13-7-6-12-23(27)24-16-17-25-26-15-14-22-11-8-19-35-30(22)32(26)38(31(25)29(24)34)33-36-20-18-28(37-33)21-9-4-3-5-10-21/h3-20H,1-2H3. The molecule has 0 amide bonds. The van der Waals surface area contributed by atoms with Crippen molar-refractivity contribution in [1.29, 1.82) is 0 Å². The highest BCUT2D eigenvalue weighted by Crippen LogP contribution is 2.53. The summed E-state index contributed by atoms with van der Waals surface area (Å²) in [5.74, 6) is 0.657. The van der Waals surface area contributed by atoms with Gasteiger partial charge in [-0.2, -0.15) is 0 Å². The Kier molecular flexibility index (Phi) is 4.25. The molecule has 0 bridgehead atoms. The van der Waals surface area contributed by atoms with Crippen LogP contribution in [0.1, 0.15) is 25.0 Å². The predicted octanol–water partition coefficient (Wildman–Crippen LogP) is 8.10. The van der Waals surface area contributed by atoms with Crippen molar-refractivity contribution in [2.45, 2.75) is 19.3 Å². The van der Waals surface area contributed by atoms with E-state index in [0.717, 1.165) is 38.6 Å². The lowest BCUT2D eigenvalue weighted by Gasteiger charge is -2.23. The molecule has 1 aliphatic carbocycles. The van der Waals surface area contributed by atoms with Crippen molar-refractivity contribution >= 4 is 32.7 Å². The number of fused-ring (bicyclic) bond motifs is 9. The van der Waals surface area contributed by atoms with E-state index in [-0.39, 0.29) is 5.41 Å². The fourth-order valence-corrected chi connectivity index (χ4v) is 6.41. The van der Waals surface area contributed by atoms with Gasteiger partial charge < -0.3 is 0 Å². The van der Waals surface area contributed by atoms with Gasteiger partial charge in [0.05, 0.1) is 22.2 Å². The Labute approximate surface area is 220 Å². The van der Waals surface area contributed by atoms with Crippen LogP contribution in [0.3, 0.4) is 0 Å². The lowest BCUT2D eigenvalue weighted by Crippen LogP contribution is -2.17. The molecule has 7 aromatic rings. The molecule has 3 heterocycles. The molecule has 1 aliphatic rings. The Morgan fingerprint density at radius 2 is 1.42 bits per heavy atom. The highest BCUT2D eigenvalue weighted by Gasteiger charge is 2.38. The second-order valence-corrected chi connectivity index (χ2v) is 10.5. The molecular formula is C34H24N4. The Balaban J connectivity index is 1.57. The van der Waals surface area contributed by atoms with Crippen molar-refractivity contribution < 1.29 is 0 Å². The molecule has 0 spiro atoms. The van der Waals surface area contributed by atoms with Crippen LogP contribution < -0.4 is 0 Å². The van der Waals surface area contributed by atoms with E-state index in [4.69, 9.17) is 15.0 Å². The van der Waals surface area contributed by atoms with Crippen LogP contribution in [0.2, 0.25) is 0 Å². The number of nitrogens with zero attached hydrogens (tertiary/aromatic N) is 4. The Morgan fingerprint density at radius 3 is 2.32 bits per heavy atom. The second-order valence-electron chi connectivity index (χ2n) is 10.5. The first kappa shape index (κ1) is 21.3. The van der Waals surface area contributed by atoms with E-state index in [9.17, 15) is 0 Å². The molecule has 4 nitrogen and oxygen atoms in total. The molecule has 0 unspecified atom stereocenters. The maximum Gasteiger partial charge on any atom is 0.235 e. The van der Waals surface area contributed by atoms with Crippen molar-refractivity contribution in [2.75, 3.05) is 0 Å². The number of pyridine rings is 1. The van der Waals surface area contributed by atoms with Crippen molar-refractivity contribution in [3.63, 3.8) is 0 Å². The molecule has 38 heavy (non-hydrogen) atoms. The van der Waals surface area contributed by atoms with Gasteiger partial charge in [-0.15, -0.1) is 0 Å². The Bertz CT molecular complexity index is 2050. The largest absolute Gasteiger partial charge is 0.275 e. The molecule has 0 fully saturated rings. The van der Waals surface area contributed by atoms with Crippen LogP contribution in [0.4, 0.5) is 0 Å². The molecular weight excluding hydrogens is 464 g/mol. The zero-order chi connectivity index (χ0) is 25.4. The number of hydrogen-bond acceptors (Lipinski definition) is 3. The van der Waals surface area contributed by atoms with Gasteiger partial charge in [0.1, 0.15) is 0 Å². The van der Waals surface area contributed by atoms with Crippen LogP contribution in [0.5, 0.6) is 0 Å². The summed E-state index contributed by atoms with van der Waals surface area (Å²) in [4.78, 5) is 14.9. The fraction of sp³-hybridized carbons (Fsp3) is 0.0882. The van der Waals surface area contributed by atoms with Crippen molar-refractivity contribution in [3.05, 3.63) is 121 Å². The molecule has 3 aromatic heterocycles. The quantitative estimate of drug-likeness (QED) is 0.247. The summed E-state index contributed by atoms with van der Waals surface area (Å²) in [6, 6.07) is 34.1. The minimum atomic E-state index is -0.183. The lowest BCUT2D eigenvalue weighted by molar-refractivity contribution is 0.663. The van der Waals surface area contributed by atoms with E-state index >= 15 is 0 Å². The molecule has 4 heteroatoms. The van der Waals surface area contributed by atoms with Crippen LogP contribution >= 0.6 is 0 Å². The molecule has 0 saturated heterocycles. The minimum absolute atomic E-state index is 0.183. The summed E-state index contributed by atoms with van der Waals surface area (Å²) in [5, 5.41) is 3.46. The van der Waals surface area contributed by atoms with Crippen LogP contribution in [-0.2, 0) is 5.41 Å². The fourth-order valence-electron chi connectivity index (χ4n) is 6.41. The van der Waals surface area contributed by atoms with E-state index in [1.165, 1.54) is 27.6 Å². The highest BCUT2D eigenvalue weighted by atomic mass is 15.2. The highest BCUT2D eigenvalue weighted by molar-refractivity contribution is 6.19. The van der Waals surface area contributed by atoms with Gasteiger partial charge in [0.15, 0.2) is 0 Å². The molecule has 180 valence electrons. The summed E-state index contributed by atoms with van der Waals surface area (Å²) in [6.07, 6.45) is 3.74. The van der Waals surface area contributed by atoms with Crippen molar-refractivity contribution in [3.8, 4) is 28.3 Å². The molecule has 0 aliphatic heterocycles. The van der Waals surface area contributed by atoms with Gasteiger partial charge >= 0.3 is 0 Å². The van der Waals surface area contributed by atoms with Crippen LogP contribution in [0.25, 0.3) is 61.0 Å². The third kappa shape index (κ3) is 2.77. The van der Waals surface area contributed by atoms with Crippen molar-refractivity contribution in [1.82, 2.24) is 19.5 Å². The summed E-state index contributed by atoms with van der Waals surface area (Å²) in [5.41, 5.74) is 10.2. The van der Waals surface area contributed by atoms with E-state index in [2.05, 4.69) is 85.1 Å². The van der Waals surface area contributed by atoms with Gasteiger partial charge in [-0.1, -0.05) is 98.8 Å². The third-order valence-electron chi connectivity index (χ3n) is 8.09. The number of rotatable bonds is 2. The molecule has 0 radical (unpaired) electrons. The first-order valence-electron chi connectivity index (χ1n) is 13.0. The van der Waals surface area contributed by atoms with E-state index in [0.29, 0.717) is 5.95 Å². The van der Waals surface area contributed by atoms with Crippen LogP contribution in [0, 0.1) is 0 Å². The Hall–Kier alpha value is -4.83. The summed E-state index contributed by atoms with van der Waals surface area (Å²) in [6.45, 7) is 4.66. The average molecular weight is 489 g/mol. The first-order valence-corrected chi connectivity index (χ1v) is 13.0. The molecule has 0 saturated carbocycles. The second kappa shape index (κ2) is 7.59. The SMILES string of the molecule is CC1(C)c2ccccc2-c2ccc3c4ccc5cccnc5c4n(-c4nccc(-c5ccccc5)n4)c3c21. The van der Waals surface area contributed by atoms with E-state index in [1.807, 2.05) is 42.7 Å². The normalized spacial score (nSPS) is 13.7. The number of aromatic nitrogens is 4. The third-order valence-corrected chi connectivity index (χ3v) is 8.09. The maximum absolute atomic E-state index is 5.14. The van der Waals surface area contributed by atoms with Gasteiger partial charge in [-0.25, -0.2) is 9.97 Å². The molecule has 8 rings (SSSR count). The lowest BCUT2D eigenvalue weighted by atomic mass is 9.81. The zero-order valence-electron chi connectivity index (χ0n) is 21.2. The number of hydrogen-bond donors (Lipinski definition) is 0. The van der Waals surface area contributed by atoms with Gasteiger partial charge in [0.2, 0.25) is 5.95 Å². The Morgan fingerprint density at radius 1 is 0.632 bits per heavy atom. The number of benzene rings is 4. The first-order chi connectivity index (χ1) is 18.6. The van der Waals surface area contributed by atoms with Gasteiger partial charge in [0, 0.05) is 39.5 Å². The van der Waals surface area contributed by atoms with E-state index < -0.39 is 0 Å². The maximum atomic E-state index is 5.14. The summed E-state index contributed by atoms with van der Waals surface area (Å²) < 4.78 is 2.26. The van der Waals surface area contributed by atoms with Crippen LogP contribution in [0.15, 0.2) is 109 Å². The average Bonchev–Trinajstić information content (AvgIpc) is 3.43. The van der Waals surface area contributed by atoms with Crippen molar-refractivity contribution in [2.24, 2.45) is 0 Å². The molecule has 0 atom stereocenters. The van der Waals surface area contributed by atoms with E-state index in [1.54, 1.807) is 0 Å². The summed E-state index contributed by atoms with van der Waals surface area (Å²) >= 11 is 0. The topological polar surface area (TPSA) is 43.6 Å². The van der Waals surface area contributed by atoms with Gasteiger partial charge in [-0.3, -0.25) is 9.55 Å². The summed E-state index contributed by atoms with van der Waals surface area (Å²) in [7, 11) is 0. The molecule has 4 aromatic carbocycles. The minimum Gasteiger partial charge on any atom is -0.275 e. The van der Waals surface area contributed by atoms with Crippen LogP contribution in [-0.4, -0.2) is 19.5 Å². The smallest absolute Gasteiger partial charge is 0.235 e. The van der Waals surface area contributed by atoms with Gasteiger partial charge in [0.25, 0.3) is 0 Å². The van der Waals surface area contributed by atoms with Gasteiger partial charge in [-0.05, 0) is 34.4 Å². The predicted molar refractivity (Wildman–Crippen MR) is 155 cm³/mol. The zero-order valence-corrected chi connectivity index (χ0v) is 21.2. The molecule has 0 N–H and O–H groups in total. The monoisotopic (exact) mass is 488 g/mol.